The number of anilines is 1. The first-order chi connectivity index (χ1) is 7.22. The Bertz CT molecular complexity index is 442. The van der Waals surface area contributed by atoms with Crippen LogP contribution in [0.15, 0.2) is 18.2 Å². The summed E-state index contributed by atoms with van der Waals surface area (Å²) in [7, 11) is 0. The molecular weight excluding hydrogens is 247 g/mol. The lowest BCUT2D eigenvalue weighted by molar-refractivity contribution is -0.120. The number of carbonyl (C=O) groups is 1. The minimum Gasteiger partial charge on any atom is -0.325 e. The molecule has 2 aliphatic heterocycles. The van der Waals surface area contributed by atoms with Crippen LogP contribution in [-0.4, -0.2) is 19.0 Å². The Morgan fingerprint density at radius 1 is 1.38 bits per heavy atom. The smallest absolute Gasteiger partial charge is 0.236 e. The highest BCUT2D eigenvalue weighted by Gasteiger charge is 2.48. The second-order valence-electron chi connectivity index (χ2n) is 4.15. The Labute approximate surface area is 105 Å². The van der Waals surface area contributed by atoms with Gasteiger partial charge in [-0.25, -0.2) is 0 Å². The molecule has 1 atom stereocenters. The average Bonchev–Trinajstić information content (AvgIpc) is 2.76. The van der Waals surface area contributed by atoms with Crippen molar-refractivity contribution in [2.75, 3.05) is 18.4 Å². The van der Waals surface area contributed by atoms with Crippen LogP contribution in [0.2, 0.25) is 5.02 Å². The van der Waals surface area contributed by atoms with E-state index in [0.717, 1.165) is 30.8 Å². The molecule has 0 radical (unpaired) electrons. The van der Waals surface area contributed by atoms with Crippen LogP contribution >= 0.6 is 24.0 Å². The molecule has 0 unspecified atom stereocenters. The molecule has 16 heavy (non-hydrogen) atoms. The Morgan fingerprint density at radius 3 is 2.88 bits per heavy atom. The van der Waals surface area contributed by atoms with E-state index in [-0.39, 0.29) is 23.7 Å². The first-order valence-corrected chi connectivity index (χ1v) is 5.42. The van der Waals surface area contributed by atoms with Crippen LogP contribution in [-0.2, 0) is 10.2 Å². The summed E-state index contributed by atoms with van der Waals surface area (Å²) >= 11 is 5.90. The molecule has 0 saturated carbocycles. The minimum absolute atomic E-state index is 0. The van der Waals surface area contributed by atoms with E-state index in [2.05, 4.69) is 10.6 Å². The highest BCUT2D eigenvalue weighted by atomic mass is 35.5. The van der Waals surface area contributed by atoms with Gasteiger partial charge in [-0.05, 0) is 30.7 Å². The lowest BCUT2D eigenvalue weighted by atomic mass is 9.81. The molecular formula is C11H12Cl2N2O. The SMILES string of the molecule is Cl.O=C1Nc2cc(Cl)ccc2[C@@]12CCNC2. The second-order valence-corrected chi connectivity index (χ2v) is 4.59. The summed E-state index contributed by atoms with van der Waals surface area (Å²) in [5.41, 5.74) is 1.61. The van der Waals surface area contributed by atoms with Gasteiger partial charge in [-0.15, -0.1) is 12.4 Å². The van der Waals surface area contributed by atoms with E-state index >= 15 is 0 Å². The van der Waals surface area contributed by atoms with Crippen LogP contribution in [0.3, 0.4) is 0 Å². The van der Waals surface area contributed by atoms with Crippen LogP contribution in [0.5, 0.6) is 0 Å². The number of nitrogens with one attached hydrogen (secondary N) is 2. The number of hydrogen-bond acceptors (Lipinski definition) is 2. The first-order valence-electron chi connectivity index (χ1n) is 5.05. The Kier molecular flexibility index (Phi) is 2.86. The van der Waals surface area contributed by atoms with Gasteiger partial charge in [0, 0.05) is 17.3 Å². The van der Waals surface area contributed by atoms with Crippen molar-refractivity contribution in [1.29, 1.82) is 0 Å². The lowest BCUT2D eigenvalue weighted by Crippen LogP contribution is -2.36. The lowest BCUT2D eigenvalue weighted by Gasteiger charge is -2.19. The Morgan fingerprint density at radius 2 is 2.19 bits per heavy atom. The van der Waals surface area contributed by atoms with Gasteiger partial charge in [0.15, 0.2) is 0 Å². The van der Waals surface area contributed by atoms with Crippen molar-refractivity contribution in [3.63, 3.8) is 0 Å². The molecule has 1 saturated heterocycles. The number of fused-ring (bicyclic) bond motifs is 2. The van der Waals surface area contributed by atoms with Crippen LogP contribution in [0, 0.1) is 0 Å². The van der Waals surface area contributed by atoms with E-state index in [1.165, 1.54) is 0 Å². The summed E-state index contributed by atoms with van der Waals surface area (Å²) in [5, 5.41) is 6.82. The predicted octanol–water partition coefficient (Wildman–Crippen LogP) is 1.94. The van der Waals surface area contributed by atoms with E-state index in [4.69, 9.17) is 11.6 Å². The van der Waals surface area contributed by atoms with Crippen molar-refractivity contribution in [2.24, 2.45) is 0 Å². The van der Waals surface area contributed by atoms with Gasteiger partial charge >= 0.3 is 0 Å². The fraction of sp³-hybridized carbons (Fsp3) is 0.364. The maximum absolute atomic E-state index is 12.0. The Hall–Kier alpha value is -0.770. The third-order valence-electron chi connectivity index (χ3n) is 3.34. The van der Waals surface area contributed by atoms with E-state index in [1.54, 1.807) is 0 Å². The number of halogens is 2. The number of carbonyl (C=O) groups excluding carboxylic acids is 1. The zero-order chi connectivity index (χ0) is 10.5. The maximum Gasteiger partial charge on any atom is 0.236 e. The molecule has 2 heterocycles. The van der Waals surface area contributed by atoms with Gasteiger partial charge in [-0.1, -0.05) is 17.7 Å². The molecule has 5 heteroatoms. The molecule has 1 amide bonds. The largest absolute Gasteiger partial charge is 0.325 e. The fourth-order valence-electron chi connectivity index (χ4n) is 2.52. The highest BCUT2D eigenvalue weighted by Crippen LogP contribution is 2.42. The summed E-state index contributed by atoms with van der Waals surface area (Å²) in [6.45, 7) is 1.63. The van der Waals surface area contributed by atoms with Gasteiger partial charge in [-0.3, -0.25) is 4.79 Å². The van der Waals surface area contributed by atoms with Crippen molar-refractivity contribution in [3.05, 3.63) is 28.8 Å². The molecule has 0 aromatic heterocycles. The van der Waals surface area contributed by atoms with Crippen LogP contribution < -0.4 is 10.6 Å². The van der Waals surface area contributed by atoms with Gasteiger partial charge in [0.2, 0.25) is 5.91 Å². The zero-order valence-electron chi connectivity index (χ0n) is 8.55. The van der Waals surface area contributed by atoms with Crippen LogP contribution in [0.4, 0.5) is 5.69 Å². The average molecular weight is 259 g/mol. The molecule has 1 spiro atoms. The number of hydrogen-bond donors (Lipinski definition) is 2. The summed E-state index contributed by atoms with van der Waals surface area (Å²) < 4.78 is 0. The van der Waals surface area contributed by atoms with Gasteiger partial charge in [0.05, 0.1) is 5.41 Å². The zero-order valence-corrected chi connectivity index (χ0v) is 10.1. The van der Waals surface area contributed by atoms with Gasteiger partial charge in [0.1, 0.15) is 0 Å². The summed E-state index contributed by atoms with van der Waals surface area (Å²) in [4.78, 5) is 12.0. The summed E-state index contributed by atoms with van der Waals surface area (Å²) in [6, 6.07) is 5.63. The van der Waals surface area contributed by atoms with Crippen molar-refractivity contribution >= 4 is 35.6 Å². The molecule has 1 aromatic rings. The quantitative estimate of drug-likeness (QED) is 0.747. The third-order valence-corrected chi connectivity index (χ3v) is 3.57. The van der Waals surface area contributed by atoms with Gasteiger partial charge < -0.3 is 10.6 Å². The molecule has 86 valence electrons. The van der Waals surface area contributed by atoms with Crippen molar-refractivity contribution in [2.45, 2.75) is 11.8 Å². The summed E-state index contributed by atoms with van der Waals surface area (Å²) in [5.74, 6) is 0.102. The van der Waals surface area contributed by atoms with Gasteiger partial charge in [0.25, 0.3) is 0 Å². The van der Waals surface area contributed by atoms with Gasteiger partial charge in [-0.2, -0.15) is 0 Å². The van der Waals surface area contributed by atoms with E-state index in [0.29, 0.717) is 5.02 Å². The molecule has 3 nitrogen and oxygen atoms in total. The maximum atomic E-state index is 12.0. The number of rotatable bonds is 0. The molecule has 2 N–H and O–H groups in total. The van der Waals surface area contributed by atoms with Crippen molar-refractivity contribution < 1.29 is 4.79 Å². The fourth-order valence-corrected chi connectivity index (χ4v) is 2.69. The van der Waals surface area contributed by atoms with Crippen molar-refractivity contribution in [1.82, 2.24) is 5.32 Å². The highest BCUT2D eigenvalue weighted by molar-refractivity contribution is 6.31. The molecule has 0 bridgehead atoms. The normalized spacial score (nSPS) is 26.4. The predicted molar refractivity (Wildman–Crippen MR) is 66.5 cm³/mol. The van der Waals surface area contributed by atoms with Crippen LogP contribution in [0.1, 0.15) is 12.0 Å². The Balaban J connectivity index is 0.000000963. The van der Waals surface area contributed by atoms with E-state index in [9.17, 15) is 4.79 Å². The molecule has 3 rings (SSSR count). The standard InChI is InChI=1S/C11H11ClN2O.ClH/c12-7-1-2-8-9(5-7)14-10(15)11(8)3-4-13-6-11;/h1-2,5,13H,3-4,6H2,(H,14,15);1H/t11-;/m0./s1. The van der Waals surface area contributed by atoms with Crippen LogP contribution in [0.25, 0.3) is 0 Å². The topological polar surface area (TPSA) is 41.1 Å². The van der Waals surface area contributed by atoms with Crippen molar-refractivity contribution in [3.8, 4) is 0 Å². The van der Waals surface area contributed by atoms with E-state index < -0.39 is 0 Å². The molecule has 2 aliphatic rings. The second kappa shape index (κ2) is 3.91. The number of benzene rings is 1. The molecule has 1 fully saturated rings. The number of amides is 1. The first kappa shape index (κ1) is 11.7. The summed E-state index contributed by atoms with van der Waals surface area (Å²) in [6.07, 6.45) is 0.869. The minimum atomic E-state index is -0.347. The van der Waals surface area contributed by atoms with E-state index in [1.807, 2.05) is 18.2 Å². The third kappa shape index (κ3) is 1.43. The molecule has 0 aliphatic carbocycles. The monoisotopic (exact) mass is 258 g/mol. The molecule has 1 aromatic carbocycles.